The molecule has 2 aromatic carbocycles. The standard InChI is InChI=1S/C16H13ClN/c17-15-10-11-18(12-13-6-2-1-3-7-13)16-9-5-4-8-14(15)16/h1-11H,12H2/q+1. The zero-order valence-electron chi connectivity index (χ0n) is 9.88. The number of hydrogen-bond donors (Lipinski definition) is 0. The Bertz CT molecular complexity index is 677. The second-order valence-electron chi connectivity index (χ2n) is 4.29. The number of nitrogens with zero attached hydrogens (tertiary/aromatic N) is 1. The van der Waals surface area contributed by atoms with Gasteiger partial charge in [0.15, 0.2) is 12.7 Å². The lowest BCUT2D eigenvalue weighted by Gasteiger charge is -2.03. The second-order valence-corrected chi connectivity index (χ2v) is 4.70. The SMILES string of the molecule is Clc1cc[n+](Cc2ccccc2)c2ccccc12. The van der Waals surface area contributed by atoms with Crippen LogP contribution in [-0.4, -0.2) is 0 Å². The van der Waals surface area contributed by atoms with E-state index in [0.717, 1.165) is 22.5 Å². The highest BCUT2D eigenvalue weighted by atomic mass is 35.5. The number of para-hydroxylation sites is 1. The minimum Gasteiger partial charge on any atom is -0.194 e. The Morgan fingerprint density at radius 2 is 1.56 bits per heavy atom. The molecule has 0 fully saturated rings. The minimum atomic E-state index is 0.801. The van der Waals surface area contributed by atoms with Crippen LogP contribution in [0.3, 0.4) is 0 Å². The lowest BCUT2D eigenvalue weighted by Crippen LogP contribution is -2.34. The van der Waals surface area contributed by atoms with E-state index in [1.807, 2.05) is 30.5 Å². The molecule has 1 heterocycles. The van der Waals surface area contributed by atoms with E-state index in [2.05, 4.69) is 41.0 Å². The molecular formula is C16H13ClN+. The van der Waals surface area contributed by atoms with Crippen LogP contribution in [0.4, 0.5) is 0 Å². The zero-order valence-corrected chi connectivity index (χ0v) is 10.6. The van der Waals surface area contributed by atoms with Crippen LogP contribution in [0, 0.1) is 0 Å². The van der Waals surface area contributed by atoms with Crippen molar-refractivity contribution < 1.29 is 4.57 Å². The first-order chi connectivity index (χ1) is 8.84. The van der Waals surface area contributed by atoms with Gasteiger partial charge in [0, 0.05) is 17.7 Å². The number of rotatable bonds is 2. The largest absolute Gasteiger partial charge is 0.214 e. The second kappa shape index (κ2) is 4.79. The lowest BCUT2D eigenvalue weighted by molar-refractivity contribution is -0.662. The summed E-state index contributed by atoms with van der Waals surface area (Å²) in [7, 11) is 0. The quantitative estimate of drug-likeness (QED) is 0.612. The average Bonchev–Trinajstić information content (AvgIpc) is 2.44. The summed E-state index contributed by atoms with van der Waals surface area (Å²) < 4.78 is 2.22. The first-order valence-corrected chi connectivity index (χ1v) is 6.33. The van der Waals surface area contributed by atoms with Crippen LogP contribution in [0.15, 0.2) is 66.9 Å². The van der Waals surface area contributed by atoms with Crippen molar-refractivity contribution in [1.29, 1.82) is 0 Å². The summed E-state index contributed by atoms with van der Waals surface area (Å²) in [6, 6.07) is 20.6. The van der Waals surface area contributed by atoms with Gasteiger partial charge in [-0.2, -0.15) is 4.57 Å². The van der Waals surface area contributed by atoms with E-state index >= 15 is 0 Å². The fourth-order valence-electron chi connectivity index (χ4n) is 2.17. The highest BCUT2D eigenvalue weighted by Gasteiger charge is 2.11. The number of pyridine rings is 1. The summed E-state index contributed by atoms with van der Waals surface area (Å²) in [6.45, 7) is 0.860. The van der Waals surface area contributed by atoms with Crippen LogP contribution in [0.5, 0.6) is 0 Å². The number of aromatic nitrogens is 1. The van der Waals surface area contributed by atoms with Gasteiger partial charge >= 0.3 is 0 Å². The van der Waals surface area contributed by atoms with Crippen LogP contribution >= 0.6 is 11.6 Å². The van der Waals surface area contributed by atoms with Crippen molar-refractivity contribution in [2.45, 2.75) is 6.54 Å². The minimum absolute atomic E-state index is 0.801. The third-order valence-corrected chi connectivity index (χ3v) is 3.40. The van der Waals surface area contributed by atoms with Crippen molar-refractivity contribution >= 4 is 22.5 Å². The Morgan fingerprint density at radius 3 is 2.39 bits per heavy atom. The number of hydrogen-bond acceptors (Lipinski definition) is 0. The van der Waals surface area contributed by atoms with Gasteiger partial charge in [-0.25, -0.2) is 0 Å². The Labute approximate surface area is 111 Å². The van der Waals surface area contributed by atoms with E-state index in [1.54, 1.807) is 0 Å². The van der Waals surface area contributed by atoms with Crippen LogP contribution in [-0.2, 0) is 6.54 Å². The summed E-state index contributed by atoms with van der Waals surface area (Å²) in [5, 5.41) is 1.90. The lowest BCUT2D eigenvalue weighted by atomic mass is 10.2. The van der Waals surface area contributed by atoms with E-state index in [4.69, 9.17) is 11.6 Å². The molecule has 18 heavy (non-hydrogen) atoms. The maximum absolute atomic E-state index is 6.22. The third kappa shape index (κ3) is 2.09. The zero-order chi connectivity index (χ0) is 12.4. The van der Waals surface area contributed by atoms with Crippen molar-refractivity contribution in [2.75, 3.05) is 0 Å². The van der Waals surface area contributed by atoms with E-state index in [1.165, 1.54) is 5.56 Å². The van der Waals surface area contributed by atoms with Gasteiger partial charge in [0.1, 0.15) is 0 Å². The Balaban J connectivity index is 2.10. The summed E-state index contributed by atoms with van der Waals surface area (Å²) in [6.07, 6.45) is 2.04. The first-order valence-electron chi connectivity index (χ1n) is 5.95. The fraction of sp³-hybridized carbons (Fsp3) is 0.0625. The molecule has 0 saturated carbocycles. The van der Waals surface area contributed by atoms with Gasteiger partial charge in [0.25, 0.3) is 0 Å². The summed E-state index contributed by atoms with van der Waals surface area (Å²) >= 11 is 6.22. The van der Waals surface area contributed by atoms with Crippen LogP contribution in [0.25, 0.3) is 10.9 Å². The van der Waals surface area contributed by atoms with E-state index in [-0.39, 0.29) is 0 Å². The smallest absolute Gasteiger partial charge is 0.194 e. The molecule has 0 N–H and O–H groups in total. The van der Waals surface area contributed by atoms with E-state index in [0.29, 0.717) is 0 Å². The molecular weight excluding hydrogens is 242 g/mol. The predicted molar refractivity (Wildman–Crippen MR) is 74.7 cm³/mol. The highest BCUT2D eigenvalue weighted by Crippen LogP contribution is 2.19. The van der Waals surface area contributed by atoms with Crippen LogP contribution < -0.4 is 4.57 Å². The van der Waals surface area contributed by atoms with E-state index in [9.17, 15) is 0 Å². The molecule has 2 heteroatoms. The fourth-order valence-corrected chi connectivity index (χ4v) is 2.39. The maximum Gasteiger partial charge on any atom is 0.214 e. The molecule has 0 radical (unpaired) electrons. The third-order valence-electron chi connectivity index (χ3n) is 3.07. The molecule has 3 aromatic rings. The molecule has 0 aliphatic carbocycles. The maximum atomic E-state index is 6.22. The van der Waals surface area contributed by atoms with Gasteiger partial charge < -0.3 is 0 Å². The van der Waals surface area contributed by atoms with Crippen molar-refractivity contribution in [3.05, 3.63) is 77.4 Å². The Morgan fingerprint density at radius 1 is 0.833 bits per heavy atom. The molecule has 0 spiro atoms. The summed E-state index contributed by atoms with van der Waals surface area (Å²) in [4.78, 5) is 0. The molecule has 0 aliphatic heterocycles. The van der Waals surface area contributed by atoms with Gasteiger partial charge in [-0.15, -0.1) is 0 Å². The molecule has 0 amide bonds. The Kier molecular flexibility index (Phi) is 2.99. The first kappa shape index (κ1) is 11.2. The monoisotopic (exact) mass is 254 g/mol. The van der Waals surface area contributed by atoms with Crippen molar-refractivity contribution in [3.63, 3.8) is 0 Å². The molecule has 0 saturated heterocycles. The topological polar surface area (TPSA) is 3.88 Å². The molecule has 3 rings (SSSR count). The van der Waals surface area contributed by atoms with Crippen molar-refractivity contribution in [1.82, 2.24) is 0 Å². The van der Waals surface area contributed by atoms with Crippen LogP contribution in [0.1, 0.15) is 5.56 Å². The highest BCUT2D eigenvalue weighted by molar-refractivity contribution is 6.35. The van der Waals surface area contributed by atoms with Crippen molar-refractivity contribution in [3.8, 4) is 0 Å². The predicted octanol–water partition coefficient (Wildman–Crippen LogP) is 3.83. The summed E-state index contributed by atoms with van der Waals surface area (Å²) in [5.41, 5.74) is 2.45. The Hall–Kier alpha value is -1.86. The van der Waals surface area contributed by atoms with Gasteiger partial charge in [-0.05, 0) is 6.07 Å². The number of benzene rings is 2. The molecule has 0 unspecified atom stereocenters. The molecule has 0 aliphatic rings. The van der Waals surface area contributed by atoms with Gasteiger partial charge in [-0.3, -0.25) is 0 Å². The molecule has 1 aromatic heterocycles. The molecule has 0 bridgehead atoms. The van der Waals surface area contributed by atoms with Crippen LogP contribution in [0.2, 0.25) is 5.02 Å². The molecule has 1 nitrogen and oxygen atoms in total. The normalized spacial score (nSPS) is 10.7. The molecule has 0 atom stereocenters. The van der Waals surface area contributed by atoms with E-state index < -0.39 is 0 Å². The van der Waals surface area contributed by atoms with Gasteiger partial charge in [-0.1, -0.05) is 54.1 Å². The average molecular weight is 255 g/mol. The van der Waals surface area contributed by atoms with Gasteiger partial charge in [0.2, 0.25) is 5.52 Å². The van der Waals surface area contributed by atoms with Crippen molar-refractivity contribution in [2.24, 2.45) is 0 Å². The molecule has 88 valence electrons. The summed E-state index contributed by atoms with van der Waals surface area (Å²) in [5.74, 6) is 0. The number of fused-ring (bicyclic) bond motifs is 1. The number of halogens is 1. The van der Waals surface area contributed by atoms with Gasteiger partial charge in [0.05, 0.1) is 10.4 Å².